The molecule has 0 aliphatic carbocycles. The van der Waals surface area contributed by atoms with Gasteiger partial charge in [-0.25, -0.2) is 9.18 Å². The lowest BCUT2D eigenvalue weighted by Gasteiger charge is -2.07. The van der Waals surface area contributed by atoms with E-state index in [4.69, 9.17) is 5.73 Å². The maximum atomic E-state index is 13.4. The number of imidazole rings is 1. The van der Waals surface area contributed by atoms with Crippen LogP contribution in [0.4, 0.5) is 4.39 Å². The van der Waals surface area contributed by atoms with E-state index in [1.54, 1.807) is 21.5 Å². The second-order valence-corrected chi connectivity index (χ2v) is 4.88. The van der Waals surface area contributed by atoms with Crippen LogP contribution in [0.3, 0.4) is 0 Å². The quantitative estimate of drug-likeness (QED) is 0.915. The van der Waals surface area contributed by atoms with Gasteiger partial charge in [0.2, 0.25) is 0 Å². The molecule has 0 fully saturated rings. The predicted octanol–water partition coefficient (Wildman–Crippen LogP) is 1.88. The molecule has 1 aromatic carbocycles. The van der Waals surface area contributed by atoms with Crippen molar-refractivity contribution in [3.8, 4) is 0 Å². The summed E-state index contributed by atoms with van der Waals surface area (Å²) in [5.74, 6) is -0.325. The lowest BCUT2D eigenvalue weighted by molar-refractivity contribution is 0.560. The third kappa shape index (κ3) is 2.93. The smallest absolute Gasteiger partial charge is 0.326 e. The number of hydrogen-bond donors (Lipinski definition) is 1. The first kappa shape index (κ1) is 13.5. The van der Waals surface area contributed by atoms with Crippen molar-refractivity contribution in [2.75, 3.05) is 0 Å². The van der Waals surface area contributed by atoms with E-state index in [0.717, 1.165) is 11.1 Å². The highest BCUT2D eigenvalue weighted by Gasteiger charge is 2.07. The molecule has 5 heteroatoms. The minimum absolute atomic E-state index is 0.0893. The van der Waals surface area contributed by atoms with Crippen LogP contribution in [0.2, 0.25) is 0 Å². The number of halogens is 1. The van der Waals surface area contributed by atoms with Gasteiger partial charge < -0.3 is 5.73 Å². The van der Waals surface area contributed by atoms with E-state index in [9.17, 15) is 9.18 Å². The van der Waals surface area contributed by atoms with Crippen LogP contribution in [0.5, 0.6) is 0 Å². The number of benzene rings is 1. The van der Waals surface area contributed by atoms with Crippen LogP contribution in [0.1, 0.15) is 31.0 Å². The second-order valence-electron chi connectivity index (χ2n) is 4.88. The summed E-state index contributed by atoms with van der Waals surface area (Å²) in [5.41, 5.74) is 6.89. The van der Waals surface area contributed by atoms with Gasteiger partial charge in [-0.05, 0) is 37.1 Å². The molecule has 1 heterocycles. The highest BCUT2D eigenvalue weighted by molar-refractivity contribution is 5.24. The molecule has 0 aliphatic rings. The molecular formula is C14H18FN3O. The Kier molecular flexibility index (Phi) is 3.85. The Morgan fingerprint density at radius 1 is 1.21 bits per heavy atom. The zero-order chi connectivity index (χ0) is 14.0. The Morgan fingerprint density at radius 2 is 1.89 bits per heavy atom. The van der Waals surface area contributed by atoms with Gasteiger partial charge in [-0.1, -0.05) is 6.07 Å². The molecule has 0 radical (unpaired) electrons. The molecule has 0 saturated carbocycles. The van der Waals surface area contributed by atoms with Gasteiger partial charge in [-0.3, -0.25) is 9.13 Å². The monoisotopic (exact) mass is 263 g/mol. The summed E-state index contributed by atoms with van der Waals surface area (Å²) in [6.07, 6.45) is 3.46. The van der Waals surface area contributed by atoms with Crippen molar-refractivity contribution in [1.82, 2.24) is 9.13 Å². The Balaban J connectivity index is 2.31. The molecule has 0 saturated heterocycles. The topological polar surface area (TPSA) is 52.9 Å². The molecule has 0 atom stereocenters. The standard InChI is InChI=1S/C14H18FN3O/c1-10(2)18-4-3-17(14(18)19)9-12-5-11(8-16)6-13(15)7-12/h3-7,10H,8-9,16H2,1-2H3. The molecule has 2 N–H and O–H groups in total. The zero-order valence-corrected chi connectivity index (χ0v) is 11.1. The molecular weight excluding hydrogens is 245 g/mol. The van der Waals surface area contributed by atoms with Gasteiger partial charge >= 0.3 is 5.69 Å². The third-order valence-electron chi connectivity index (χ3n) is 3.04. The van der Waals surface area contributed by atoms with Gasteiger partial charge in [0.25, 0.3) is 0 Å². The van der Waals surface area contributed by atoms with Crippen molar-refractivity contribution in [2.24, 2.45) is 5.73 Å². The van der Waals surface area contributed by atoms with Crippen LogP contribution in [0.15, 0.2) is 35.4 Å². The molecule has 0 spiro atoms. The van der Waals surface area contributed by atoms with Gasteiger partial charge in [0.05, 0.1) is 6.54 Å². The first-order valence-electron chi connectivity index (χ1n) is 6.27. The summed E-state index contributed by atoms with van der Waals surface area (Å²) < 4.78 is 16.6. The lowest BCUT2D eigenvalue weighted by atomic mass is 10.1. The second kappa shape index (κ2) is 5.40. The van der Waals surface area contributed by atoms with Crippen LogP contribution in [-0.4, -0.2) is 9.13 Å². The molecule has 102 valence electrons. The van der Waals surface area contributed by atoms with Crippen molar-refractivity contribution >= 4 is 0 Å². The number of hydrogen-bond acceptors (Lipinski definition) is 2. The molecule has 0 bridgehead atoms. The molecule has 2 aromatic rings. The van der Waals surface area contributed by atoms with Gasteiger partial charge in [0, 0.05) is 25.0 Å². The Labute approximate surface area is 111 Å². The molecule has 0 aliphatic heterocycles. The van der Waals surface area contributed by atoms with Crippen molar-refractivity contribution < 1.29 is 4.39 Å². The largest absolute Gasteiger partial charge is 0.328 e. The fraction of sp³-hybridized carbons (Fsp3) is 0.357. The van der Waals surface area contributed by atoms with E-state index in [1.807, 2.05) is 19.9 Å². The van der Waals surface area contributed by atoms with E-state index in [-0.39, 0.29) is 24.1 Å². The van der Waals surface area contributed by atoms with Gasteiger partial charge in [-0.15, -0.1) is 0 Å². The fourth-order valence-electron chi connectivity index (χ4n) is 2.06. The Hall–Kier alpha value is -1.88. The number of nitrogens with two attached hydrogens (primary N) is 1. The Morgan fingerprint density at radius 3 is 2.47 bits per heavy atom. The predicted molar refractivity (Wildman–Crippen MR) is 72.5 cm³/mol. The summed E-state index contributed by atoms with van der Waals surface area (Å²) in [7, 11) is 0. The Bertz CT molecular complexity index is 628. The average Bonchev–Trinajstić information content (AvgIpc) is 2.70. The van der Waals surface area contributed by atoms with Crippen LogP contribution in [-0.2, 0) is 13.1 Å². The lowest BCUT2D eigenvalue weighted by Crippen LogP contribution is -2.25. The first-order valence-corrected chi connectivity index (χ1v) is 6.27. The van der Waals surface area contributed by atoms with E-state index < -0.39 is 0 Å². The van der Waals surface area contributed by atoms with E-state index >= 15 is 0 Å². The molecule has 2 rings (SSSR count). The van der Waals surface area contributed by atoms with Crippen molar-refractivity contribution in [3.63, 3.8) is 0 Å². The number of rotatable bonds is 4. The van der Waals surface area contributed by atoms with Gasteiger partial charge in [-0.2, -0.15) is 0 Å². The molecule has 4 nitrogen and oxygen atoms in total. The normalized spacial score (nSPS) is 11.2. The molecule has 19 heavy (non-hydrogen) atoms. The van der Waals surface area contributed by atoms with Crippen molar-refractivity contribution in [3.05, 3.63) is 58.0 Å². The minimum atomic E-state index is -0.325. The fourth-order valence-corrected chi connectivity index (χ4v) is 2.06. The van der Waals surface area contributed by atoms with Crippen molar-refractivity contribution in [2.45, 2.75) is 33.0 Å². The highest BCUT2D eigenvalue weighted by Crippen LogP contribution is 2.10. The van der Waals surface area contributed by atoms with Crippen LogP contribution in [0.25, 0.3) is 0 Å². The average molecular weight is 263 g/mol. The summed E-state index contributed by atoms with van der Waals surface area (Å²) in [5, 5.41) is 0. The van der Waals surface area contributed by atoms with E-state index in [2.05, 4.69) is 0 Å². The number of aromatic nitrogens is 2. The molecule has 1 aromatic heterocycles. The summed E-state index contributed by atoms with van der Waals surface area (Å²) in [6, 6.07) is 4.77. The number of nitrogens with zero attached hydrogens (tertiary/aromatic N) is 2. The third-order valence-corrected chi connectivity index (χ3v) is 3.04. The van der Waals surface area contributed by atoms with Crippen LogP contribution < -0.4 is 11.4 Å². The van der Waals surface area contributed by atoms with E-state index in [0.29, 0.717) is 6.54 Å². The van der Waals surface area contributed by atoms with Crippen LogP contribution >= 0.6 is 0 Å². The van der Waals surface area contributed by atoms with Gasteiger partial charge in [0.15, 0.2) is 0 Å². The van der Waals surface area contributed by atoms with E-state index in [1.165, 1.54) is 12.1 Å². The zero-order valence-electron chi connectivity index (χ0n) is 11.1. The maximum absolute atomic E-state index is 13.4. The van der Waals surface area contributed by atoms with Gasteiger partial charge in [0.1, 0.15) is 5.82 Å². The first-order chi connectivity index (χ1) is 9.01. The summed E-state index contributed by atoms with van der Waals surface area (Å²) in [4.78, 5) is 12.1. The maximum Gasteiger partial charge on any atom is 0.328 e. The van der Waals surface area contributed by atoms with Crippen LogP contribution in [0, 0.1) is 5.82 Å². The molecule has 0 amide bonds. The summed E-state index contributed by atoms with van der Waals surface area (Å²) in [6.45, 7) is 4.52. The highest BCUT2D eigenvalue weighted by atomic mass is 19.1. The molecule has 0 unspecified atom stereocenters. The summed E-state index contributed by atoms with van der Waals surface area (Å²) >= 11 is 0. The SMILES string of the molecule is CC(C)n1ccn(Cc2cc(F)cc(CN)c2)c1=O. The van der Waals surface area contributed by atoms with Crippen molar-refractivity contribution in [1.29, 1.82) is 0 Å². The minimum Gasteiger partial charge on any atom is -0.326 e.